The van der Waals surface area contributed by atoms with Gasteiger partial charge in [0, 0.05) is 30.0 Å². The van der Waals surface area contributed by atoms with Crippen LogP contribution >= 0.6 is 0 Å². The van der Waals surface area contributed by atoms with E-state index < -0.39 is 11.2 Å². The van der Waals surface area contributed by atoms with Gasteiger partial charge in [-0.05, 0) is 56.4 Å². The molecule has 3 aromatic rings. The average molecular weight is 476 g/mol. The number of likely N-dealkylation sites (tertiary alicyclic amines) is 1. The third-order valence-corrected chi connectivity index (χ3v) is 8.00. The van der Waals surface area contributed by atoms with Gasteiger partial charge in [0.15, 0.2) is 0 Å². The summed E-state index contributed by atoms with van der Waals surface area (Å²) in [7, 11) is 0. The van der Waals surface area contributed by atoms with Gasteiger partial charge in [-0.2, -0.15) is 0 Å². The molecular weight excluding hydrogens is 442 g/mol. The highest BCUT2D eigenvalue weighted by atomic mass is 16.5. The van der Waals surface area contributed by atoms with Gasteiger partial charge < -0.3 is 19.2 Å². The summed E-state index contributed by atoms with van der Waals surface area (Å²) in [5.41, 5.74) is 2.40. The average Bonchev–Trinajstić information content (AvgIpc) is 2.86. The Hall–Kier alpha value is -3.12. The third kappa shape index (κ3) is 4.59. The SMILES string of the molecule is Cc1c(CC(=O)N2CC[C@@]3(O)CCCC[C@H]3C2)c(=O)oc2c(C)c(OCc3ccccc3)ccc12. The number of amides is 1. The number of hydrogen-bond donors (Lipinski definition) is 1. The van der Waals surface area contributed by atoms with E-state index in [1.54, 1.807) is 0 Å². The lowest BCUT2D eigenvalue weighted by Gasteiger charge is -2.47. The molecule has 2 atom stereocenters. The fourth-order valence-electron chi connectivity index (χ4n) is 5.73. The zero-order valence-corrected chi connectivity index (χ0v) is 20.5. The van der Waals surface area contributed by atoms with Crippen LogP contribution in [0.3, 0.4) is 0 Å². The molecule has 35 heavy (non-hydrogen) atoms. The number of carbonyl (C=O) groups excluding carboxylic acids is 1. The van der Waals surface area contributed by atoms with Crippen LogP contribution in [0.1, 0.15) is 54.4 Å². The van der Waals surface area contributed by atoms with E-state index in [0.29, 0.717) is 43.0 Å². The Morgan fingerprint density at radius 3 is 2.71 bits per heavy atom. The summed E-state index contributed by atoms with van der Waals surface area (Å²) in [5, 5.41) is 11.7. The lowest BCUT2D eigenvalue weighted by atomic mass is 9.71. The van der Waals surface area contributed by atoms with Crippen molar-refractivity contribution in [2.45, 2.75) is 64.6 Å². The predicted octanol–water partition coefficient (Wildman–Crippen LogP) is 4.68. The Morgan fingerprint density at radius 1 is 1.11 bits per heavy atom. The Bertz CT molecular complexity index is 1300. The summed E-state index contributed by atoms with van der Waals surface area (Å²) < 4.78 is 11.7. The molecule has 1 saturated heterocycles. The van der Waals surface area contributed by atoms with Crippen molar-refractivity contribution in [3.63, 3.8) is 0 Å². The Morgan fingerprint density at radius 2 is 1.91 bits per heavy atom. The van der Waals surface area contributed by atoms with E-state index in [-0.39, 0.29) is 18.2 Å². The summed E-state index contributed by atoms with van der Waals surface area (Å²) in [6, 6.07) is 13.7. The molecule has 0 radical (unpaired) electrons. The fraction of sp³-hybridized carbons (Fsp3) is 0.448. The van der Waals surface area contributed by atoms with E-state index in [1.807, 2.05) is 61.2 Å². The first-order valence-corrected chi connectivity index (χ1v) is 12.6. The van der Waals surface area contributed by atoms with Crippen molar-refractivity contribution in [3.8, 4) is 5.75 Å². The van der Waals surface area contributed by atoms with E-state index in [1.165, 1.54) is 0 Å². The minimum absolute atomic E-state index is 0.0144. The molecule has 1 amide bonds. The van der Waals surface area contributed by atoms with Crippen LogP contribution in [0.2, 0.25) is 0 Å². The molecule has 184 valence electrons. The highest BCUT2D eigenvalue weighted by molar-refractivity contribution is 5.87. The fourth-order valence-corrected chi connectivity index (χ4v) is 5.73. The third-order valence-electron chi connectivity index (χ3n) is 8.00. The van der Waals surface area contributed by atoms with Gasteiger partial charge >= 0.3 is 5.63 Å². The minimum atomic E-state index is -0.634. The number of rotatable bonds is 5. The highest BCUT2D eigenvalue weighted by Gasteiger charge is 2.43. The first kappa shape index (κ1) is 23.6. The van der Waals surface area contributed by atoms with E-state index >= 15 is 0 Å². The molecule has 2 aromatic carbocycles. The van der Waals surface area contributed by atoms with Gasteiger partial charge in [0.1, 0.15) is 17.9 Å². The number of ether oxygens (including phenoxy) is 1. The lowest BCUT2D eigenvalue weighted by Crippen LogP contribution is -2.55. The second-order valence-corrected chi connectivity index (χ2v) is 10.1. The molecule has 0 bridgehead atoms. The van der Waals surface area contributed by atoms with Crippen LogP contribution < -0.4 is 10.4 Å². The van der Waals surface area contributed by atoms with E-state index in [4.69, 9.17) is 9.15 Å². The molecule has 0 unspecified atom stereocenters. The summed E-state index contributed by atoms with van der Waals surface area (Å²) in [4.78, 5) is 28.0. The van der Waals surface area contributed by atoms with Crippen molar-refractivity contribution < 1.29 is 19.1 Å². The Kier molecular flexibility index (Phi) is 6.41. The van der Waals surface area contributed by atoms with Crippen LogP contribution in [0, 0.1) is 19.8 Å². The first-order chi connectivity index (χ1) is 16.9. The quantitative estimate of drug-likeness (QED) is 0.542. The Labute approximate surface area is 205 Å². The molecule has 1 saturated carbocycles. The Balaban J connectivity index is 1.35. The van der Waals surface area contributed by atoms with Gasteiger partial charge in [-0.15, -0.1) is 0 Å². The normalized spacial score (nSPS) is 22.1. The van der Waals surface area contributed by atoms with Crippen LogP contribution in [0.5, 0.6) is 5.75 Å². The first-order valence-electron chi connectivity index (χ1n) is 12.6. The summed E-state index contributed by atoms with van der Waals surface area (Å²) in [6.07, 6.45) is 4.55. The second kappa shape index (κ2) is 9.50. The van der Waals surface area contributed by atoms with E-state index in [2.05, 4.69) is 0 Å². The molecule has 5 rings (SSSR count). The van der Waals surface area contributed by atoms with Crippen LogP contribution in [-0.4, -0.2) is 34.6 Å². The highest BCUT2D eigenvalue weighted by Crippen LogP contribution is 2.40. The number of carbonyl (C=O) groups is 1. The molecular formula is C29H33NO5. The molecule has 1 aliphatic heterocycles. The number of hydrogen-bond acceptors (Lipinski definition) is 5. The van der Waals surface area contributed by atoms with Crippen LogP contribution in [0.15, 0.2) is 51.7 Å². The molecule has 0 spiro atoms. The zero-order chi connectivity index (χ0) is 24.6. The number of piperidine rings is 1. The topological polar surface area (TPSA) is 80.0 Å². The van der Waals surface area contributed by atoms with Gasteiger partial charge in [0.2, 0.25) is 5.91 Å². The van der Waals surface area contributed by atoms with Gasteiger partial charge in [-0.3, -0.25) is 4.79 Å². The van der Waals surface area contributed by atoms with Crippen molar-refractivity contribution in [2.75, 3.05) is 13.1 Å². The van der Waals surface area contributed by atoms with E-state index in [9.17, 15) is 14.7 Å². The lowest BCUT2D eigenvalue weighted by molar-refractivity contribution is -0.142. The summed E-state index contributed by atoms with van der Waals surface area (Å²) in [5.74, 6) is 0.716. The molecule has 2 fully saturated rings. The van der Waals surface area contributed by atoms with Crippen molar-refractivity contribution in [3.05, 3.63) is 75.1 Å². The molecule has 1 N–H and O–H groups in total. The molecule has 2 aliphatic rings. The number of aryl methyl sites for hydroxylation is 2. The molecule has 1 aromatic heterocycles. The van der Waals surface area contributed by atoms with Crippen LogP contribution in [0.25, 0.3) is 11.0 Å². The molecule has 1 aliphatic carbocycles. The smallest absolute Gasteiger partial charge is 0.340 e. The molecule has 6 nitrogen and oxygen atoms in total. The van der Waals surface area contributed by atoms with Crippen LogP contribution in [-0.2, 0) is 17.8 Å². The molecule has 2 heterocycles. The minimum Gasteiger partial charge on any atom is -0.488 e. The maximum atomic E-state index is 13.2. The number of benzene rings is 2. The summed E-state index contributed by atoms with van der Waals surface area (Å²) >= 11 is 0. The summed E-state index contributed by atoms with van der Waals surface area (Å²) in [6.45, 7) is 5.28. The van der Waals surface area contributed by atoms with Gasteiger partial charge in [0.05, 0.1) is 17.6 Å². The van der Waals surface area contributed by atoms with Crippen molar-refractivity contribution >= 4 is 16.9 Å². The van der Waals surface area contributed by atoms with E-state index in [0.717, 1.165) is 47.8 Å². The maximum Gasteiger partial charge on any atom is 0.340 e. The molecule has 6 heteroatoms. The van der Waals surface area contributed by atoms with Gasteiger partial charge in [-0.25, -0.2) is 4.79 Å². The van der Waals surface area contributed by atoms with Crippen molar-refractivity contribution in [1.29, 1.82) is 0 Å². The van der Waals surface area contributed by atoms with Crippen LogP contribution in [0.4, 0.5) is 0 Å². The largest absolute Gasteiger partial charge is 0.488 e. The zero-order valence-electron chi connectivity index (χ0n) is 20.5. The number of nitrogens with zero attached hydrogens (tertiary/aromatic N) is 1. The van der Waals surface area contributed by atoms with Crippen molar-refractivity contribution in [2.24, 2.45) is 5.92 Å². The second-order valence-electron chi connectivity index (χ2n) is 10.1. The predicted molar refractivity (Wildman–Crippen MR) is 135 cm³/mol. The standard InChI is InChI=1S/C29H33NO5/c1-19-23-11-12-25(34-18-21-8-4-3-5-9-21)20(2)27(23)35-28(32)24(19)16-26(31)30-15-14-29(33)13-7-6-10-22(29)17-30/h3-5,8-9,11-12,22,33H,6-7,10,13-18H2,1-2H3/t22-,29-/m0/s1. The maximum absolute atomic E-state index is 13.2. The number of fused-ring (bicyclic) bond motifs is 2. The van der Waals surface area contributed by atoms with Gasteiger partial charge in [-0.1, -0.05) is 43.2 Å². The number of aliphatic hydroxyl groups is 1. The van der Waals surface area contributed by atoms with Gasteiger partial charge in [0.25, 0.3) is 0 Å². The van der Waals surface area contributed by atoms with Crippen molar-refractivity contribution in [1.82, 2.24) is 4.90 Å². The monoisotopic (exact) mass is 475 g/mol.